The maximum Gasteiger partial charge on any atom is 0.213 e. The smallest absolute Gasteiger partial charge is 0.213 e. The van der Waals surface area contributed by atoms with Gasteiger partial charge < -0.3 is 9.47 Å². The van der Waals surface area contributed by atoms with Crippen molar-refractivity contribution in [1.82, 2.24) is 0 Å². The molecule has 0 atom stereocenters. The van der Waals surface area contributed by atoms with Crippen molar-refractivity contribution >= 4 is 34.8 Å². The van der Waals surface area contributed by atoms with Gasteiger partial charge in [-0.15, -0.1) is 0 Å². The highest BCUT2D eigenvalue weighted by atomic mass is 35.6. The van der Waals surface area contributed by atoms with Gasteiger partial charge in [0.25, 0.3) is 0 Å². The van der Waals surface area contributed by atoms with Crippen LogP contribution >= 0.6 is 34.8 Å². The maximum atomic E-state index is 5.24. The highest BCUT2D eigenvalue weighted by molar-refractivity contribution is 6.67. The van der Waals surface area contributed by atoms with Crippen LogP contribution in [-0.2, 0) is 9.47 Å². The van der Waals surface area contributed by atoms with Crippen LogP contribution in [0, 0.1) is 0 Å². The van der Waals surface area contributed by atoms with Gasteiger partial charge in [-0.25, -0.2) is 0 Å². The fourth-order valence-electron chi connectivity index (χ4n) is 0.164. The second-order valence-corrected chi connectivity index (χ2v) is 3.97. The van der Waals surface area contributed by atoms with Crippen LogP contribution in [0.4, 0.5) is 0 Å². The summed E-state index contributed by atoms with van der Waals surface area (Å²) in [6.45, 7) is 0.137. The SMILES string of the molecule is COC.COCC(Cl)(Cl)Cl. The second-order valence-electron chi connectivity index (χ2n) is 1.46. The molecule has 0 spiro atoms. The molecule has 2 nitrogen and oxygen atoms in total. The number of rotatable bonds is 1. The quantitative estimate of drug-likeness (QED) is 0.617. The molecule has 0 aliphatic carbocycles. The van der Waals surface area contributed by atoms with Crippen LogP contribution in [0.3, 0.4) is 0 Å². The number of ether oxygens (including phenoxy) is 2. The zero-order valence-corrected chi connectivity index (χ0v) is 8.43. The standard InChI is InChI=1S/C3H5Cl3O.C2H6O/c1-7-2-3(4,5)6;1-3-2/h2H2,1H3;1-2H3. The van der Waals surface area contributed by atoms with Gasteiger partial charge >= 0.3 is 0 Å². The highest BCUT2D eigenvalue weighted by Gasteiger charge is 2.17. The molecule has 0 aliphatic heterocycles. The van der Waals surface area contributed by atoms with E-state index in [0.717, 1.165) is 0 Å². The molecule has 0 fully saturated rings. The Bertz CT molecular complexity index is 62.4. The van der Waals surface area contributed by atoms with Crippen LogP contribution in [0.5, 0.6) is 0 Å². The summed E-state index contributed by atoms with van der Waals surface area (Å²) in [7, 11) is 4.72. The summed E-state index contributed by atoms with van der Waals surface area (Å²) in [5, 5.41) is 0. The molecule has 0 bridgehead atoms. The van der Waals surface area contributed by atoms with Gasteiger partial charge in [-0.05, 0) is 0 Å². The molecule has 0 aromatic rings. The van der Waals surface area contributed by atoms with Crippen molar-refractivity contribution in [1.29, 1.82) is 0 Å². The number of methoxy groups -OCH3 is 2. The van der Waals surface area contributed by atoms with E-state index in [-0.39, 0.29) is 6.61 Å². The first-order chi connectivity index (χ1) is 4.47. The van der Waals surface area contributed by atoms with Gasteiger partial charge in [0.15, 0.2) is 0 Å². The van der Waals surface area contributed by atoms with Crippen molar-refractivity contribution in [3.63, 3.8) is 0 Å². The minimum Gasteiger partial charge on any atom is -0.388 e. The number of hydrogen-bond acceptors (Lipinski definition) is 2. The van der Waals surface area contributed by atoms with E-state index in [1.54, 1.807) is 14.2 Å². The van der Waals surface area contributed by atoms with E-state index in [2.05, 4.69) is 9.47 Å². The topological polar surface area (TPSA) is 18.5 Å². The Balaban J connectivity index is 0. The summed E-state index contributed by atoms with van der Waals surface area (Å²) in [4.78, 5) is 0. The lowest BCUT2D eigenvalue weighted by atomic mass is 10.8. The molecule has 0 aromatic carbocycles. The summed E-state index contributed by atoms with van der Waals surface area (Å²) in [5.41, 5.74) is 0. The first kappa shape index (κ1) is 13.4. The van der Waals surface area contributed by atoms with Crippen molar-refractivity contribution in [2.75, 3.05) is 27.9 Å². The molecule has 0 rings (SSSR count). The Hall–Kier alpha value is 0.790. The van der Waals surface area contributed by atoms with E-state index in [1.807, 2.05) is 0 Å². The molecule has 0 aliphatic rings. The van der Waals surface area contributed by atoms with Crippen LogP contribution < -0.4 is 0 Å². The third-order valence-electron chi connectivity index (χ3n) is 0.308. The van der Waals surface area contributed by atoms with Crippen molar-refractivity contribution in [2.45, 2.75) is 3.79 Å². The predicted octanol–water partition coefficient (Wildman–Crippen LogP) is 2.27. The van der Waals surface area contributed by atoms with Gasteiger partial charge in [0.05, 0.1) is 6.61 Å². The number of halogens is 3. The summed E-state index contributed by atoms with van der Waals surface area (Å²) in [5.74, 6) is 0. The summed E-state index contributed by atoms with van der Waals surface area (Å²) in [6, 6.07) is 0. The average Bonchev–Trinajstić information content (AvgIpc) is 1.63. The highest BCUT2D eigenvalue weighted by Crippen LogP contribution is 2.25. The van der Waals surface area contributed by atoms with E-state index < -0.39 is 3.79 Å². The Labute approximate surface area is 76.3 Å². The molecule has 64 valence electrons. The minimum atomic E-state index is -1.26. The predicted molar refractivity (Wildman–Crippen MR) is 45.1 cm³/mol. The Kier molecular flexibility index (Phi) is 10.6. The molecule has 5 heteroatoms. The second kappa shape index (κ2) is 7.89. The summed E-state index contributed by atoms with van der Waals surface area (Å²) in [6.07, 6.45) is 0. The van der Waals surface area contributed by atoms with Gasteiger partial charge in [0.1, 0.15) is 0 Å². The van der Waals surface area contributed by atoms with Crippen LogP contribution in [0.25, 0.3) is 0 Å². The Morgan fingerprint density at radius 1 is 1.10 bits per heavy atom. The summed E-state index contributed by atoms with van der Waals surface area (Å²) < 4.78 is 7.51. The molecule has 0 N–H and O–H groups in total. The molecule has 0 amide bonds. The van der Waals surface area contributed by atoms with E-state index >= 15 is 0 Å². The normalized spacial score (nSPS) is 10.2. The molecular formula is C5H11Cl3O2. The zero-order valence-electron chi connectivity index (χ0n) is 6.16. The van der Waals surface area contributed by atoms with Crippen LogP contribution in [0.15, 0.2) is 0 Å². The minimum absolute atomic E-state index is 0.137. The maximum absolute atomic E-state index is 5.24. The van der Waals surface area contributed by atoms with E-state index in [1.165, 1.54) is 7.11 Å². The van der Waals surface area contributed by atoms with Gasteiger partial charge in [-0.2, -0.15) is 0 Å². The molecule has 0 unspecified atom stereocenters. The fraction of sp³-hybridized carbons (Fsp3) is 1.00. The molecule has 10 heavy (non-hydrogen) atoms. The van der Waals surface area contributed by atoms with E-state index in [9.17, 15) is 0 Å². The van der Waals surface area contributed by atoms with E-state index in [4.69, 9.17) is 34.8 Å². The fourth-order valence-corrected chi connectivity index (χ4v) is 0.491. The van der Waals surface area contributed by atoms with Crippen molar-refractivity contribution < 1.29 is 9.47 Å². The van der Waals surface area contributed by atoms with Crippen molar-refractivity contribution in [3.8, 4) is 0 Å². The zero-order chi connectivity index (χ0) is 8.62. The number of hydrogen-bond donors (Lipinski definition) is 0. The van der Waals surface area contributed by atoms with Gasteiger partial charge in [-0.1, -0.05) is 34.8 Å². The summed E-state index contributed by atoms with van der Waals surface area (Å²) >= 11 is 15.7. The molecule has 0 heterocycles. The third kappa shape index (κ3) is 23.2. The molecule has 0 aromatic heterocycles. The third-order valence-corrected chi connectivity index (χ3v) is 0.635. The van der Waals surface area contributed by atoms with E-state index in [0.29, 0.717) is 0 Å². The average molecular weight is 210 g/mol. The molecular weight excluding hydrogens is 198 g/mol. The van der Waals surface area contributed by atoms with Crippen molar-refractivity contribution in [3.05, 3.63) is 0 Å². The lowest BCUT2D eigenvalue weighted by Crippen LogP contribution is -2.10. The van der Waals surface area contributed by atoms with Gasteiger partial charge in [0, 0.05) is 21.3 Å². The Morgan fingerprint density at radius 2 is 1.40 bits per heavy atom. The molecule has 0 saturated carbocycles. The first-order valence-corrected chi connectivity index (χ1v) is 3.57. The Morgan fingerprint density at radius 3 is 1.40 bits per heavy atom. The molecule has 0 saturated heterocycles. The largest absolute Gasteiger partial charge is 0.388 e. The first-order valence-electron chi connectivity index (χ1n) is 2.43. The van der Waals surface area contributed by atoms with Crippen LogP contribution in [0.2, 0.25) is 0 Å². The lowest BCUT2D eigenvalue weighted by molar-refractivity contribution is 0.205. The lowest BCUT2D eigenvalue weighted by Gasteiger charge is -2.06. The monoisotopic (exact) mass is 208 g/mol. The van der Waals surface area contributed by atoms with Crippen LogP contribution in [-0.4, -0.2) is 31.7 Å². The molecule has 0 radical (unpaired) electrons. The number of alkyl halides is 3. The van der Waals surface area contributed by atoms with Crippen LogP contribution in [0.1, 0.15) is 0 Å². The van der Waals surface area contributed by atoms with Gasteiger partial charge in [0.2, 0.25) is 3.79 Å². The van der Waals surface area contributed by atoms with Crippen molar-refractivity contribution in [2.24, 2.45) is 0 Å². The van der Waals surface area contributed by atoms with Gasteiger partial charge in [-0.3, -0.25) is 0 Å².